The molecule has 4 nitrogen and oxygen atoms in total. The highest BCUT2D eigenvalue weighted by Gasteiger charge is 2.68. The Hall–Kier alpha value is -0.610. The van der Waals surface area contributed by atoms with Crippen LogP contribution in [0.25, 0.3) is 0 Å². The van der Waals surface area contributed by atoms with Gasteiger partial charge in [0.2, 0.25) is 0 Å². The monoisotopic (exact) mass is 363 g/mol. The van der Waals surface area contributed by atoms with Crippen LogP contribution in [0, 0.1) is 39.9 Å². The third-order valence-electron chi connectivity index (χ3n) is 9.55. The minimum absolute atomic E-state index is 0.0391. The molecule has 1 spiro atoms. The fourth-order valence-electron chi connectivity index (χ4n) is 8.40. The molecule has 2 N–H and O–H groups in total. The third-order valence-corrected chi connectivity index (χ3v) is 9.55. The molecule has 0 aromatic carbocycles. The number of carboxylic acids is 1. The number of hydrogen-bond donors (Lipinski definition) is 2. The van der Waals surface area contributed by atoms with Crippen LogP contribution in [0.5, 0.6) is 0 Å². The number of carboxylic acid groups (broad SMARTS) is 1. The Bertz CT molecular complexity index is 592. The molecule has 5 aliphatic rings. The molecule has 5 aliphatic carbocycles. The fourth-order valence-corrected chi connectivity index (χ4v) is 8.40. The molecule has 5 saturated carbocycles. The van der Waals surface area contributed by atoms with Crippen molar-refractivity contribution in [3.05, 3.63) is 0 Å². The summed E-state index contributed by atoms with van der Waals surface area (Å²) in [6.45, 7) is 5.37. The van der Waals surface area contributed by atoms with E-state index in [2.05, 4.69) is 25.9 Å². The van der Waals surface area contributed by atoms with Gasteiger partial charge in [-0.1, -0.05) is 13.3 Å². The summed E-state index contributed by atoms with van der Waals surface area (Å²) >= 11 is 0. The van der Waals surface area contributed by atoms with Gasteiger partial charge >= 0.3 is 5.97 Å². The van der Waals surface area contributed by atoms with Crippen molar-refractivity contribution in [1.82, 2.24) is 4.90 Å². The largest absolute Gasteiger partial charge is 0.481 e. The average molecular weight is 364 g/mol. The van der Waals surface area contributed by atoms with Gasteiger partial charge in [0.05, 0.1) is 11.5 Å². The van der Waals surface area contributed by atoms with Crippen molar-refractivity contribution in [2.75, 3.05) is 20.6 Å². The van der Waals surface area contributed by atoms with E-state index in [-0.39, 0.29) is 22.9 Å². The van der Waals surface area contributed by atoms with Crippen molar-refractivity contribution in [3.8, 4) is 0 Å². The van der Waals surface area contributed by atoms with E-state index in [4.69, 9.17) is 0 Å². The SMILES string of the molecule is CN(C)C[C@H]1[C@@H]2CC[C@@]3(CC[C@H]4[C@@](C)(CCC[C@@]4(C)C(=O)O)[C@@H]3C2)[C@@H]1O. The van der Waals surface area contributed by atoms with E-state index in [1.165, 1.54) is 12.8 Å². The van der Waals surface area contributed by atoms with Crippen molar-refractivity contribution >= 4 is 5.97 Å². The maximum atomic E-state index is 12.2. The normalized spacial score (nSPS) is 53.2. The first-order valence-electron chi connectivity index (χ1n) is 10.7. The Balaban J connectivity index is 1.70. The molecular formula is C22H37NO3. The maximum absolute atomic E-state index is 12.2. The van der Waals surface area contributed by atoms with Crippen LogP contribution in [0.2, 0.25) is 0 Å². The van der Waals surface area contributed by atoms with Crippen molar-refractivity contribution in [2.45, 2.75) is 71.3 Å². The van der Waals surface area contributed by atoms with E-state index in [9.17, 15) is 15.0 Å². The van der Waals surface area contributed by atoms with Gasteiger partial charge in [-0.2, -0.15) is 0 Å². The molecule has 0 unspecified atom stereocenters. The summed E-state index contributed by atoms with van der Waals surface area (Å²) in [6, 6.07) is 0. The van der Waals surface area contributed by atoms with E-state index >= 15 is 0 Å². The summed E-state index contributed by atoms with van der Waals surface area (Å²) in [7, 11) is 4.23. The molecule has 0 heterocycles. The molecule has 4 heteroatoms. The van der Waals surface area contributed by atoms with Gasteiger partial charge in [-0.15, -0.1) is 0 Å². The van der Waals surface area contributed by atoms with Gasteiger partial charge in [-0.25, -0.2) is 0 Å². The second-order valence-electron chi connectivity index (χ2n) is 10.9. The first-order valence-corrected chi connectivity index (χ1v) is 10.7. The summed E-state index contributed by atoms with van der Waals surface area (Å²) in [5.74, 6) is 1.16. The van der Waals surface area contributed by atoms with Crippen molar-refractivity contribution < 1.29 is 15.0 Å². The van der Waals surface area contributed by atoms with Crippen LogP contribution < -0.4 is 0 Å². The second-order valence-corrected chi connectivity index (χ2v) is 10.9. The molecule has 0 aliphatic heterocycles. The minimum atomic E-state index is -0.601. The molecule has 5 fully saturated rings. The smallest absolute Gasteiger partial charge is 0.309 e. The third kappa shape index (κ3) is 2.30. The lowest BCUT2D eigenvalue weighted by molar-refractivity contribution is -0.245. The van der Waals surface area contributed by atoms with E-state index in [0.29, 0.717) is 17.8 Å². The summed E-state index contributed by atoms with van der Waals surface area (Å²) in [5, 5.41) is 21.5. The lowest BCUT2D eigenvalue weighted by atomic mass is 9.35. The molecule has 5 rings (SSSR count). The van der Waals surface area contributed by atoms with Crippen LogP contribution in [-0.2, 0) is 4.79 Å². The van der Waals surface area contributed by atoms with Crippen LogP contribution >= 0.6 is 0 Å². The van der Waals surface area contributed by atoms with Gasteiger partial charge in [-0.3, -0.25) is 4.79 Å². The number of aliphatic hydroxyl groups is 1. The van der Waals surface area contributed by atoms with Gasteiger partial charge < -0.3 is 15.1 Å². The molecule has 8 atom stereocenters. The molecular weight excluding hydrogens is 326 g/mol. The molecule has 0 saturated heterocycles. The Morgan fingerprint density at radius 2 is 1.77 bits per heavy atom. The molecule has 0 amide bonds. The Morgan fingerprint density at radius 1 is 1.08 bits per heavy atom. The van der Waals surface area contributed by atoms with Crippen LogP contribution in [0.1, 0.15) is 65.2 Å². The molecule has 0 aromatic heterocycles. The van der Waals surface area contributed by atoms with Gasteiger partial charge in [0, 0.05) is 17.9 Å². The summed E-state index contributed by atoms with van der Waals surface area (Å²) in [5.41, 5.74) is -0.469. The number of aliphatic carboxylic acids is 1. The van der Waals surface area contributed by atoms with Crippen LogP contribution in [0.3, 0.4) is 0 Å². The number of nitrogens with zero attached hydrogens (tertiary/aromatic N) is 1. The topological polar surface area (TPSA) is 60.8 Å². The van der Waals surface area contributed by atoms with Crippen molar-refractivity contribution in [2.24, 2.45) is 39.9 Å². The van der Waals surface area contributed by atoms with E-state index in [1.54, 1.807) is 0 Å². The summed E-state index contributed by atoms with van der Waals surface area (Å²) < 4.78 is 0. The van der Waals surface area contributed by atoms with Gasteiger partial charge in [-0.05, 0) is 89.1 Å². The zero-order valence-electron chi connectivity index (χ0n) is 17.0. The number of hydrogen-bond acceptors (Lipinski definition) is 3. The average Bonchev–Trinajstić information content (AvgIpc) is 2.57. The van der Waals surface area contributed by atoms with E-state index in [0.717, 1.165) is 45.1 Å². The second kappa shape index (κ2) is 5.94. The number of rotatable bonds is 3. The minimum Gasteiger partial charge on any atom is -0.481 e. The summed E-state index contributed by atoms with van der Waals surface area (Å²) in [4.78, 5) is 14.4. The van der Waals surface area contributed by atoms with Gasteiger partial charge in [0.15, 0.2) is 0 Å². The summed E-state index contributed by atoms with van der Waals surface area (Å²) in [6.07, 6.45) is 8.39. The molecule has 26 heavy (non-hydrogen) atoms. The first-order chi connectivity index (χ1) is 12.1. The van der Waals surface area contributed by atoms with Crippen molar-refractivity contribution in [1.29, 1.82) is 0 Å². The Labute approximate surface area is 158 Å². The predicted molar refractivity (Wildman–Crippen MR) is 102 cm³/mol. The zero-order valence-corrected chi connectivity index (χ0v) is 17.0. The van der Waals surface area contributed by atoms with Crippen molar-refractivity contribution in [3.63, 3.8) is 0 Å². The highest BCUT2D eigenvalue weighted by molar-refractivity contribution is 5.75. The standard InChI is InChI=1S/C22H37NO3/c1-20-8-5-9-21(2,19(25)26)16(20)7-11-22-10-6-14(12-17(20)22)15(18(22)24)13-23(3)4/h14-18,24H,5-13H2,1-4H3,(H,25,26)/t14-,15+,16+,17+,18-,20-,21-,22+/m1/s1. The highest BCUT2D eigenvalue weighted by Crippen LogP contribution is 2.72. The van der Waals surface area contributed by atoms with Crippen LogP contribution in [0.15, 0.2) is 0 Å². The van der Waals surface area contributed by atoms with Gasteiger partial charge in [0.1, 0.15) is 0 Å². The Kier molecular flexibility index (Phi) is 4.28. The first kappa shape index (κ1) is 18.7. The Morgan fingerprint density at radius 3 is 2.42 bits per heavy atom. The molecule has 2 bridgehead atoms. The van der Waals surface area contributed by atoms with Crippen LogP contribution in [-0.4, -0.2) is 47.8 Å². The quantitative estimate of drug-likeness (QED) is 0.804. The lowest BCUT2D eigenvalue weighted by Gasteiger charge is -2.70. The number of carbonyl (C=O) groups is 1. The number of aliphatic hydroxyl groups excluding tert-OH is 1. The van der Waals surface area contributed by atoms with E-state index in [1.807, 2.05) is 6.92 Å². The zero-order chi connectivity index (χ0) is 18.9. The van der Waals surface area contributed by atoms with Gasteiger partial charge in [0.25, 0.3) is 0 Å². The lowest BCUT2D eigenvalue weighted by Crippen LogP contribution is -2.67. The van der Waals surface area contributed by atoms with E-state index < -0.39 is 11.4 Å². The fraction of sp³-hybridized carbons (Fsp3) is 0.955. The molecule has 148 valence electrons. The maximum Gasteiger partial charge on any atom is 0.309 e. The predicted octanol–water partition coefficient (Wildman–Crippen LogP) is 3.63. The molecule has 0 radical (unpaired) electrons. The molecule has 0 aromatic rings. The van der Waals surface area contributed by atoms with Crippen LogP contribution in [0.4, 0.5) is 0 Å². The highest BCUT2D eigenvalue weighted by atomic mass is 16.4. The number of fused-ring (bicyclic) bond motifs is 3.